The number of aromatic nitrogens is 1. The Morgan fingerprint density at radius 1 is 1.19 bits per heavy atom. The number of hydrogen-bond donors (Lipinski definition) is 0. The Morgan fingerprint density at radius 3 is 2.44 bits per heavy atom. The second kappa shape index (κ2) is 4.40. The highest BCUT2D eigenvalue weighted by Crippen LogP contribution is 2.20. The van der Waals surface area contributed by atoms with Crippen LogP contribution < -0.4 is 4.90 Å². The number of pyridine rings is 1. The molecule has 88 valence electrons. The highest BCUT2D eigenvalue weighted by atomic mass is 32.2. The van der Waals surface area contributed by atoms with E-state index < -0.39 is 28.4 Å². The molecule has 0 N–H and O–H groups in total. The molecule has 2 rings (SSSR count). The third-order valence-corrected chi connectivity index (χ3v) is 3.62. The van der Waals surface area contributed by atoms with E-state index in [2.05, 4.69) is 4.98 Å². The first-order valence-electron chi connectivity index (χ1n) is 4.69. The molecule has 2 heterocycles. The van der Waals surface area contributed by atoms with E-state index in [-0.39, 0.29) is 5.82 Å². The fourth-order valence-corrected chi connectivity index (χ4v) is 2.56. The lowest BCUT2D eigenvalue weighted by Crippen LogP contribution is -2.38. The Kier molecular flexibility index (Phi) is 3.13. The molecule has 1 aliphatic heterocycles. The van der Waals surface area contributed by atoms with Crippen molar-refractivity contribution >= 4 is 16.6 Å². The van der Waals surface area contributed by atoms with Gasteiger partial charge in [-0.2, -0.15) is 9.37 Å². The summed E-state index contributed by atoms with van der Waals surface area (Å²) in [5.74, 6) is -2.95. The van der Waals surface area contributed by atoms with E-state index in [1.165, 1.54) is 4.90 Å². The fourth-order valence-electron chi connectivity index (χ4n) is 1.51. The Morgan fingerprint density at radius 2 is 1.81 bits per heavy atom. The quantitative estimate of drug-likeness (QED) is 0.699. The van der Waals surface area contributed by atoms with Crippen molar-refractivity contribution in [2.45, 2.75) is 0 Å². The maximum atomic E-state index is 13.3. The van der Waals surface area contributed by atoms with Crippen molar-refractivity contribution in [2.24, 2.45) is 0 Å². The first-order valence-corrected chi connectivity index (χ1v) is 6.18. The largest absolute Gasteiger partial charge is 0.352 e. The van der Waals surface area contributed by atoms with Crippen LogP contribution in [0.4, 0.5) is 19.0 Å². The van der Waals surface area contributed by atoms with Gasteiger partial charge in [-0.15, -0.1) is 0 Å². The van der Waals surface area contributed by atoms with E-state index >= 15 is 0 Å². The molecular formula is C9H9F3N2OS. The van der Waals surface area contributed by atoms with Gasteiger partial charge in [0.1, 0.15) is 0 Å². The molecule has 0 radical (unpaired) electrons. The zero-order valence-corrected chi connectivity index (χ0v) is 9.07. The average molecular weight is 250 g/mol. The summed E-state index contributed by atoms with van der Waals surface area (Å²) in [6, 6.07) is 0.475. The van der Waals surface area contributed by atoms with E-state index in [1.54, 1.807) is 0 Å². The van der Waals surface area contributed by atoms with Crippen molar-refractivity contribution in [3.8, 4) is 0 Å². The van der Waals surface area contributed by atoms with Crippen LogP contribution in [0.3, 0.4) is 0 Å². The standard InChI is InChI=1S/C9H9F3N2OS/c10-6-5-7(11)9(13-8(6)12)14-1-3-16(15)4-2-14/h5H,1-4H2. The molecule has 0 saturated carbocycles. The Hall–Kier alpha value is -1.11. The second-order valence-corrected chi connectivity index (χ2v) is 5.10. The lowest BCUT2D eigenvalue weighted by atomic mass is 10.3. The summed E-state index contributed by atoms with van der Waals surface area (Å²) in [5, 5.41) is 0. The van der Waals surface area contributed by atoms with Crippen molar-refractivity contribution in [1.82, 2.24) is 4.98 Å². The molecule has 7 heteroatoms. The summed E-state index contributed by atoms with van der Waals surface area (Å²) in [6.45, 7) is 0.670. The van der Waals surface area contributed by atoms with Crippen molar-refractivity contribution in [3.63, 3.8) is 0 Å². The molecule has 0 unspecified atom stereocenters. The van der Waals surface area contributed by atoms with Crippen LogP contribution in [0, 0.1) is 17.6 Å². The normalized spacial score (nSPS) is 17.8. The van der Waals surface area contributed by atoms with Crippen LogP contribution in [-0.4, -0.2) is 33.8 Å². The molecule has 0 aliphatic carbocycles. The van der Waals surface area contributed by atoms with E-state index in [9.17, 15) is 17.4 Å². The maximum absolute atomic E-state index is 13.3. The summed E-state index contributed by atoms with van der Waals surface area (Å²) in [4.78, 5) is 4.70. The van der Waals surface area contributed by atoms with Gasteiger partial charge in [0.25, 0.3) is 5.95 Å². The third kappa shape index (κ3) is 2.18. The van der Waals surface area contributed by atoms with Crippen LogP contribution in [0.25, 0.3) is 0 Å². The first kappa shape index (κ1) is 11.4. The van der Waals surface area contributed by atoms with Gasteiger partial charge in [0, 0.05) is 41.5 Å². The van der Waals surface area contributed by atoms with Gasteiger partial charge in [-0.3, -0.25) is 4.21 Å². The SMILES string of the molecule is O=S1CCN(c2nc(F)c(F)cc2F)CC1. The highest BCUT2D eigenvalue weighted by molar-refractivity contribution is 7.85. The molecule has 0 amide bonds. The summed E-state index contributed by atoms with van der Waals surface area (Å²) in [6.07, 6.45) is 0. The molecule has 0 atom stereocenters. The van der Waals surface area contributed by atoms with Crippen LogP contribution >= 0.6 is 0 Å². The molecular weight excluding hydrogens is 241 g/mol. The minimum Gasteiger partial charge on any atom is -0.352 e. The minimum absolute atomic E-state index is 0.212. The number of rotatable bonds is 1. The van der Waals surface area contributed by atoms with E-state index in [1.807, 2.05) is 0 Å². The van der Waals surface area contributed by atoms with Crippen LogP contribution in [-0.2, 0) is 10.8 Å². The van der Waals surface area contributed by atoms with Crippen molar-refractivity contribution in [1.29, 1.82) is 0 Å². The van der Waals surface area contributed by atoms with Crippen molar-refractivity contribution < 1.29 is 17.4 Å². The topological polar surface area (TPSA) is 33.2 Å². The van der Waals surface area contributed by atoms with Gasteiger partial charge in [-0.25, -0.2) is 8.78 Å². The van der Waals surface area contributed by atoms with Crippen LogP contribution in [0.1, 0.15) is 0 Å². The average Bonchev–Trinajstić information content (AvgIpc) is 2.25. The van der Waals surface area contributed by atoms with Gasteiger partial charge in [-0.1, -0.05) is 0 Å². The minimum atomic E-state index is -1.32. The molecule has 1 saturated heterocycles. The van der Waals surface area contributed by atoms with Gasteiger partial charge in [0.15, 0.2) is 17.5 Å². The van der Waals surface area contributed by atoms with E-state index in [0.717, 1.165) is 0 Å². The maximum Gasteiger partial charge on any atom is 0.251 e. The molecule has 1 aliphatic rings. The third-order valence-electron chi connectivity index (χ3n) is 2.35. The van der Waals surface area contributed by atoms with Crippen LogP contribution in [0.5, 0.6) is 0 Å². The first-order chi connectivity index (χ1) is 7.58. The van der Waals surface area contributed by atoms with Gasteiger partial charge >= 0.3 is 0 Å². The van der Waals surface area contributed by atoms with Gasteiger partial charge in [0.2, 0.25) is 0 Å². The smallest absolute Gasteiger partial charge is 0.251 e. The fraction of sp³-hybridized carbons (Fsp3) is 0.444. The highest BCUT2D eigenvalue weighted by Gasteiger charge is 2.21. The molecule has 3 nitrogen and oxygen atoms in total. The summed E-state index contributed by atoms with van der Waals surface area (Å²) < 4.78 is 49.9. The molecule has 0 spiro atoms. The van der Waals surface area contributed by atoms with Crippen LogP contribution in [0.2, 0.25) is 0 Å². The van der Waals surface area contributed by atoms with Crippen molar-refractivity contribution in [3.05, 3.63) is 23.6 Å². The Labute approximate surface area is 92.7 Å². The molecule has 0 aromatic carbocycles. The number of anilines is 1. The molecule has 1 aromatic heterocycles. The summed E-state index contributed by atoms with van der Waals surface area (Å²) >= 11 is 0. The molecule has 1 fully saturated rings. The monoisotopic (exact) mass is 250 g/mol. The molecule has 0 bridgehead atoms. The Bertz CT molecular complexity index is 431. The predicted molar refractivity (Wildman–Crippen MR) is 54.2 cm³/mol. The zero-order valence-electron chi connectivity index (χ0n) is 8.25. The number of hydrogen-bond acceptors (Lipinski definition) is 3. The van der Waals surface area contributed by atoms with Crippen LogP contribution in [0.15, 0.2) is 6.07 Å². The van der Waals surface area contributed by atoms with Gasteiger partial charge in [0.05, 0.1) is 0 Å². The number of halogens is 3. The summed E-state index contributed by atoms with van der Waals surface area (Å²) in [7, 11) is -0.911. The lowest BCUT2D eigenvalue weighted by molar-refractivity contribution is 0.463. The summed E-state index contributed by atoms with van der Waals surface area (Å²) in [5.41, 5.74) is 0. The van der Waals surface area contributed by atoms with Gasteiger partial charge < -0.3 is 4.90 Å². The molecule has 1 aromatic rings. The lowest BCUT2D eigenvalue weighted by Gasteiger charge is -2.27. The second-order valence-electron chi connectivity index (χ2n) is 3.40. The predicted octanol–water partition coefficient (Wildman–Crippen LogP) is 1.07. The van der Waals surface area contributed by atoms with Crippen molar-refractivity contribution in [2.75, 3.05) is 29.5 Å². The Balaban J connectivity index is 2.26. The zero-order chi connectivity index (χ0) is 11.7. The van der Waals surface area contributed by atoms with E-state index in [0.29, 0.717) is 30.7 Å². The molecule has 16 heavy (non-hydrogen) atoms. The van der Waals surface area contributed by atoms with Gasteiger partial charge in [-0.05, 0) is 0 Å². The number of nitrogens with zero attached hydrogens (tertiary/aromatic N) is 2. The van der Waals surface area contributed by atoms with E-state index in [4.69, 9.17) is 0 Å².